The zero-order valence-electron chi connectivity index (χ0n) is 6.51. The molecular weight excluding hydrogens is 128 g/mol. The molecule has 0 aromatic rings. The van der Waals surface area contributed by atoms with Gasteiger partial charge in [0.05, 0.1) is 12.2 Å². The number of aliphatic hydroxyl groups excluding tert-OH is 1. The highest BCUT2D eigenvalue weighted by Crippen LogP contribution is 2.31. The van der Waals surface area contributed by atoms with Crippen LogP contribution >= 0.6 is 0 Å². The first-order valence-electron chi connectivity index (χ1n) is 3.99. The summed E-state index contributed by atoms with van der Waals surface area (Å²) in [7, 11) is 0. The van der Waals surface area contributed by atoms with E-state index in [9.17, 15) is 5.11 Å². The fraction of sp³-hybridized carbons (Fsp3) is 1.00. The zero-order chi connectivity index (χ0) is 7.61. The van der Waals surface area contributed by atoms with Crippen molar-refractivity contribution in [1.29, 1.82) is 0 Å². The van der Waals surface area contributed by atoms with Gasteiger partial charge in [-0.1, -0.05) is 19.8 Å². The molecule has 2 N–H and O–H groups in total. The minimum Gasteiger partial charge on any atom is -0.393 e. The van der Waals surface area contributed by atoms with Crippen LogP contribution in [0, 0.1) is 5.92 Å². The van der Waals surface area contributed by atoms with Crippen LogP contribution in [-0.4, -0.2) is 22.4 Å². The molecule has 2 atom stereocenters. The van der Waals surface area contributed by atoms with Crippen molar-refractivity contribution in [3.63, 3.8) is 0 Å². The Morgan fingerprint density at radius 2 is 2.30 bits per heavy atom. The Balaban J connectivity index is 2.45. The predicted octanol–water partition coefficient (Wildman–Crippen LogP) is 0.920. The van der Waals surface area contributed by atoms with Gasteiger partial charge in [0, 0.05) is 0 Å². The molecule has 0 aromatic heterocycles. The molecule has 0 radical (unpaired) electrons. The number of rotatable bonds is 1. The van der Waals surface area contributed by atoms with E-state index in [2.05, 4.69) is 6.92 Å². The van der Waals surface area contributed by atoms with E-state index in [-0.39, 0.29) is 6.61 Å². The van der Waals surface area contributed by atoms with Gasteiger partial charge >= 0.3 is 0 Å². The first-order chi connectivity index (χ1) is 4.66. The molecule has 0 unspecified atom stereocenters. The van der Waals surface area contributed by atoms with E-state index < -0.39 is 5.60 Å². The summed E-state index contributed by atoms with van der Waals surface area (Å²) in [5.41, 5.74) is -0.752. The smallest absolute Gasteiger partial charge is 0.0880 e. The lowest BCUT2D eigenvalue weighted by atomic mass is 9.79. The van der Waals surface area contributed by atoms with E-state index in [1.807, 2.05) is 0 Å². The molecular formula is C8H16O2. The molecule has 0 saturated heterocycles. The Morgan fingerprint density at radius 3 is 2.70 bits per heavy atom. The molecule has 1 aliphatic rings. The highest BCUT2D eigenvalue weighted by atomic mass is 16.3. The topological polar surface area (TPSA) is 40.5 Å². The summed E-state index contributed by atoms with van der Waals surface area (Å²) in [4.78, 5) is 0. The number of hydrogen-bond donors (Lipinski definition) is 2. The Labute approximate surface area is 61.9 Å². The van der Waals surface area contributed by atoms with Gasteiger partial charge in [-0.2, -0.15) is 0 Å². The summed E-state index contributed by atoms with van der Waals surface area (Å²) in [6, 6.07) is 0. The van der Waals surface area contributed by atoms with Crippen molar-refractivity contribution >= 4 is 0 Å². The SMILES string of the molecule is C[C@H]1CCC[C@@](O)(CO)C1. The van der Waals surface area contributed by atoms with E-state index in [0.29, 0.717) is 5.92 Å². The molecule has 0 heterocycles. The largest absolute Gasteiger partial charge is 0.393 e. The van der Waals surface area contributed by atoms with Crippen molar-refractivity contribution in [3.05, 3.63) is 0 Å². The zero-order valence-corrected chi connectivity index (χ0v) is 6.51. The van der Waals surface area contributed by atoms with Crippen molar-refractivity contribution in [1.82, 2.24) is 0 Å². The van der Waals surface area contributed by atoms with Crippen LogP contribution < -0.4 is 0 Å². The number of hydrogen-bond acceptors (Lipinski definition) is 2. The summed E-state index contributed by atoms with van der Waals surface area (Å²) in [6.45, 7) is 2.05. The molecule has 1 fully saturated rings. The molecule has 0 bridgehead atoms. The Kier molecular flexibility index (Phi) is 2.32. The van der Waals surface area contributed by atoms with Crippen LogP contribution in [0.4, 0.5) is 0 Å². The van der Waals surface area contributed by atoms with E-state index in [0.717, 1.165) is 19.3 Å². The van der Waals surface area contributed by atoms with Crippen LogP contribution in [0.1, 0.15) is 32.6 Å². The molecule has 1 saturated carbocycles. The van der Waals surface area contributed by atoms with E-state index >= 15 is 0 Å². The molecule has 2 heteroatoms. The minimum atomic E-state index is -0.752. The van der Waals surface area contributed by atoms with Crippen LogP contribution in [-0.2, 0) is 0 Å². The summed E-state index contributed by atoms with van der Waals surface area (Å²) < 4.78 is 0. The minimum absolute atomic E-state index is 0.0721. The predicted molar refractivity (Wildman–Crippen MR) is 39.7 cm³/mol. The standard InChI is InChI=1S/C8H16O2/c1-7-3-2-4-8(10,5-7)6-9/h7,9-10H,2-6H2,1H3/t7-,8-/m0/s1. The maximum atomic E-state index is 9.60. The van der Waals surface area contributed by atoms with Crippen molar-refractivity contribution in [2.24, 2.45) is 5.92 Å². The molecule has 0 aromatic carbocycles. The maximum absolute atomic E-state index is 9.60. The fourth-order valence-corrected chi connectivity index (χ4v) is 1.78. The van der Waals surface area contributed by atoms with Gasteiger partial charge in [-0.25, -0.2) is 0 Å². The van der Waals surface area contributed by atoms with Crippen molar-refractivity contribution in [2.45, 2.75) is 38.2 Å². The van der Waals surface area contributed by atoms with E-state index in [1.165, 1.54) is 6.42 Å². The van der Waals surface area contributed by atoms with Crippen molar-refractivity contribution in [3.8, 4) is 0 Å². The van der Waals surface area contributed by atoms with Crippen LogP contribution in [0.5, 0.6) is 0 Å². The average Bonchev–Trinajstić information content (AvgIpc) is 1.88. The summed E-state index contributed by atoms with van der Waals surface area (Å²) in [5.74, 6) is 0.575. The van der Waals surface area contributed by atoms with Gasteiger partial charge < -0.3 is 10.2 Å². The summed E-state index contributed by atoms with van der Waals surface area (Å²) in [5, 5.41) is 18.4. The first-order valence-corrected chi connectivity index (χ1v) is 3.99. The van der Waals surface area contributed by atoms with Crippen LogP contribution in [0.3, 0.4) is 0 Å². The van der Waals surface area contributed by atoms with Gasteiger partial charge in [-0.15, -0.1) is 0 Å². The second kappa shape index (κ2) is 2.89. The third kappa shape index (κ3) is 1.70. The monoisotopic (exact) mass is 144 g/mol. The van der Waals surface area contributed by atoms with Crippen LogP contribution in [0.2, 0.25) is 0 Å². The number of aliphatic hydroxyl groups is 2. The second-order valence-electron chi connectivity index (χ2n) is 3.58. The Bertz CT molecular complexity index is 114. The van der Waals surface area contributed by atoms with Crippen LogP contribution in [0.25, 0.3) is 0 Å². The van der Waals surface area contributed by atoms with Gasteiger partial charge in [-0.05, 0) is 18.8 Å². The lowest BCUT2D eigenvalue weighted by molar-refractivity contribution is -0.0548. The summed E-state index contributed by atoms with van der Waals surface area (Å²) >= 11 is 0. The van der Waals surface area contributed by atoms with Crippen LogP contribution in [0.15, 0.2) is 0 Å². The maximum Gasteiger partial charge on any atom is 0.0880 e. The average molecular weight is 144 g/mol. The Hall–Kier alpha value is -0.0800. The molecule has 2 nitrogen and oxygen atoms in total. The van der Waals surface area contributed by atoms with E-state index in [1.54, 1.807) is 0 Å². The molecule has 0 amide bonds. The highest BCUT2D eigenvalue weighted by molar-refractivity contribution is 4.83. The van der Waals surface area contributed by atoms with Gasteiger partial charge in [0.2, 0.25) is 0 Å². The van der Waals surface area contributed by atoms with E-state index in [4.69, 9.17) is 5.11 Å². The fourth-order valence-electron chi connectivity index (χ4n) is 1.78. The lowest BCUT2D eigenvalue weighted by Crippen LogP contribution is -2.38. The third-order valence-corrected chi connectivity index (χ3v) is 2.36. The van der Waals surface area contributed by atoms with Gasteiger partial charge in [0.1, 0.15) is 0 Å². The Morgan fingerprint density at radius 1 is 1.60 bits per heavy atom. The molecule has 0 aliphatic heterocycles. The summed E-state index contributed by atoms with van der Waals surface area (Å²) in [6.07, 6.45) is 3.79. The lowest BCUT2D eigenvalue weighted by Gasteiger charge is -2.33. The molecule has 1 aliphatic carbocycles. The molecule has 10 heavy (non-hydrogen) atoms. The normalized spacial score (nSPS) is 41.7. The second-order valence-corrected chi connectivity index (χ2v) is 3.58. The molecule has 1 rings (SSSR count). The molecule has 60 valence electrons. The van der Waals surface area contributed by atoms with Gasteiger partial charge in [0.15, 0.2) is 0 Å². The quantitative estimate of drug-likeness (QED) is 0.574. The highest BCUT2D eigenvalue weighted by Gasteiger charge is 2.31. The third-order valence-electron chi connectivity index (χ3n) is 2.36. The van der Waals surface area contributed by atoms with Gasteiger partial charge in [-0.3, -0.25) is 0 Å². The van der Waals surface area contributed by atoms with Gasteiger partial charge in [0.25, 0.3) is 0 Å². The van der Waals surface area contributed by atoms with Crippen molar-refractivity contribution < 1.29 is 10.2 Å². The van der Waals surface area contributed by atoms with Crippen molar-refractivity contribution in [2.75, 3.05) is 6.61 Å². The first kappa shape index (κ1) is 8.02. The molecule has 0 spiro atoms.